The van der Waals surface area contributed by atoms with E-state index in [0.717, 1.165) is 18.6 Å². The van der Waals surface area contributed by atoms with E-state index in [9.17, 15) is 4.79 Å². The first kappa shape index (κ1) is 21.8. The Balaban J connectivity index is 1.27. The number of benzene rings is 1. The van der Waals surface area contributed by atoms with Crippen molar-refractivity contribution in [1.82, 2.24) is 10.4 Å². The van der Waals surface area contributed by atoms with E-state index in [1.165, 1.54) is 12.6 Å². The van der Waals surface area contributed by atoms with Crippen molar-refractivity contribution in [2.45, 2.75) is 40.0 Å². The molecule has 8 nitrogen and oxygen atoms in total. The van der Waals surface area contributed by atoms with Crippen molar-refractivity contribution >= 4 is 17.5 Å². The number of para-hydroxylation sites is 1. The number of hydrazone groups is 1. The van der Waals surface area contributed by atoms with E-state index in [1.807, 2.05) is 30.3 Å². The van der Waals surface area contributed by atoms with Gasteiger partial charge in [-0.1, -0.05) is 44.1 Å². The van der Waals surface area contributed by atoms with Gasteiger partial charge in [-0.15, -0.1) is 0 Å². The molecule has 0 saturated heterocycles. The lowest BCUT2D eigenvalue weighted by Gasteiger charge is -2.34. The van der Waals surface area contributed by atoms with Crippen molar-refractivity contribution in [1.29, 1.82) is 0 Å². The Labute approximate surface area is 187 Å². The van der Waals surface area contributed by atoms with E-state index in [2.05, 4.69) is 41.4 Å². The van der Waals surface area contributed by atoms with Gasteiger partial charge in [-0.3, -0.25) is 4.79 Å². The number of amides is 1. The molecule has 2 saturated carbocycles. The van der Waals surface area contributed by atoms with Gasteiger partial charge in [-0.05, 0) is 48.8 Å². The smallest absolute Gasteiger partial charge is 0.280 e. The fourth-order valence-corrected chi connectivity index (χ4v) is 4.67. The van der Waals surface area contributed by atoms with Gasteiger partial charge in [0.05, 0.1) is 0 Å². The number of nitrogens with two attached hydrogens (primary N) is 1. The molecule has 1 amide bonds. The lowest BCUT2D eigenvalue weighted by Crippen LogP contribution is -2.34. The van der Waals surface area contributed by atoms with E-state index < -0.39 is 0 Å². The summed E-state index contributed by atoms with van der Waals surface area (Å²) in [7, 11) is 0. The van der Waals surface area contributed by atoms with Gasteiger partial charge in [0.25, 0.3) is 5.91 Å². The molecule has 0 radical (unpaired) electrons. The summed E-state index contributed by atoms with van der Waals surface area (Å²) in [6, 6.07) is 12.8. The van der Waals surface area contributed by atoms with Crippen molar-refractivity contribution in [2.75, 3.05) is 6.61 Å². The molecule has 2 atom stereocenters. The molecule has 3 N–H and O–H groups in total. The highest BCUT2D eigenvalue weighted by molar-refractivity contribution is 5.97. The molecule has 1 aromatic heterocycles. The van der Waals surface area contributed by atoms with Crippen molar-refractivity contribution in [2.24, 2.45) is 32.7 Å². The van der Waals surface area contributed by atoms with Gasteiger partial charge in [0.2, 0.25) is 5.88 Å². The summed E-state index contributed by atoms with van der Waals surface area (Å²) >= 11 is 0. The standard InChI is InChI=1S/C24H29N5O3/c1-23(2)17-11-12-24(23,3)19(13-17)27-28-20(30)15-31-29-22(25)16-9-10-21(26-14-16)32-18-7-5-4-6-8-18/h4-10,14,17H,11-13,15H2,1-3H3,(H2,25,29)(H,28,30)/b27-19-. The third-order valence-corrected chi connectivity index (χ3v) is 7.18. The molecule has 4 rings (SSSR count). The third-order valence-electron chi connectivity index (χ3n) is 7.18. The summed E-state index contributed by atoms with van der Waals surface area (Å²) in [6.45, 7) is 6.57. The molecule has 1 aromatic carbocycles. The fourth-order valence-electron chi connectivity index (χ4n) is 4.67. The molecule has 8 heteroatoms. The summed E-state index contributed by atoms with van der Waals surface area (Å²) in [5, 5.41) is 8.21. The second kappa shape index (κ2) is 8.61. The number of oxime groups is 1. The molecular formula is C24H29N5O3. The number of nitrogens with one attached hydrogen (secondary N) is 1. The minimum absolute atomic E-state index is 0.0395. The van der Waals surface area contributed by atoms with Crippen molar-refractivity contribution in [3.63, 3.8) is 0 Å². The Kier molecular flexibility index (Phi) is 5.86. The molecule has 32 heavy (non-hydrogen) atoms. The molecule has 2 fully saturated rings. The number of ether oxygens (including phenoxy) is 1. The second-order valence-electron chi connectivity index (χ2n) is 9.14. The lowest BCUT2D eigenvalue weighted by molar-refractivity contribution is -0.125. The summed E-state index contributed by atoms with van der Waals surface area (Å²) in [4.78, 5) is 21.4. The van der Waals surface area contributed by atoms with Crippen LogP contribution >= 0.6 is 0 Å². The number of hydrogen-bond donors (Lipinski definition) is 2. The molecule has 2 aliphatic rings. The summed E-state index contributed by atoms with van der Waals surface area (Å²) < 4.78 is 5.64. The van der Waals surface area contributed by atoms with Crippen LogP contribution in [0.2, 0.25) is 0 Å². The molecule has 168 valence electrons. The molecule has 2 aliphatic carbocycles. The highest BCUT2D eigenvalue weighted by atomic mass is 16.6. The highest BCUT2D eigenvalue weighted by Crippen LogP contribution is 2.63. The normalized spacial score (nSPS) is 25.0. The number of rotatable bonds is 7. The summed E-state index contributed by atoms with van der Waals surface area (Å²) in [6.07, 6.45) is 4.80. The Bertz CT molecular complexity index is 1030. The van der Waals surface area contributed by atoms with E-state index in [0.29, 0.717) is 23.1 Å². The van der Waals surface area contributed by atoms with Crippen LogP contribution in [0, 0.1) is 16.7 Å². The van der Waals surface area contributed by atoms with E-state index in [1.54, 1.807) is 12.1 Å². The molecule has 1 heterocycles. The second-order valence-corrected chi connectivity index (χ2v) is 9.14. The average molecular weight is 436 g/mol. The molecule has 2 unspecified atom stereocenters. The van der Waals surface area contributed by atoms with Crippen LogP contribution in [0.1, 0.15) is 45.6 Å². The van der Waals surface area contributed by atoms with Gasteiger partial charge < -0.3 is 15.3 Å². The Morgan fingerprint density at radius 1 is 1.22 bits per heavy atom. The zero-order chi connectivity index (χ0) is 22.8. The number of amidine groups is 1. The average Bonchev–Trinajstić information content (AvgIpc) is 3.12. The van der Waals surface area contributed by atoms with Crippen LogP contribution in [0.3, 0.4) is 0 Å². The number of carbonyl (C=O) groups is 1. The van der Waals surface area contributed by atoms with Gasteiger partial charge in [-0.25, -0.2) is 10.4 Å². The maximum atomic E-state index is 12.1. The number of hydrogen-bond acceptors (Lipinski definition) is 6. The molecule has 0 aliphatic heterocycles. The Morgan fingerprint density at radius 3 is 2.62 bits per heavy atom. The predicted octanol–water partition coefficient (Wildman–Crippen LogP) is 3.83. The zero-order valence-electron chi connectivity index (χ0n) is 18.7. The maximum Gasteiger partial charge on any atom is 0.280 e. The van der Waals surface area contributed by atoms with E-state index in [4.69, 9.17) is 15.3 Å². The first-order valence-electron chi connectivity index (χ1n) is 10.8. The van der Waals surface area contributed by atoms with Crippen molar-refractivity contribution in [3.05, 3.63) is 54.2 Å². The number of carbonyl (C=O) groups excluding carboxylic acids is 1. The summed E-state index contributed by atoms with van der Waals surface area (Å²) in [5.74, 6) is 1.50. The molecular weight excluding hydrogens is 406 g/mol. The van der Waals surface area contributed by atoms with Crippen LogP contribution < -0.4 is 15.9 Å². The van der Waals surface area contributed by atoms with Crippen LogP contribution in [0.15, 0.2) is 58.9 Å². The van der Waals surface area contributed by atoms with Gasteiger partial charge in [0, 0.05) is 29.0 Å². The number of pyridine rings is 1. The van der Waals surface area contributed by atoms with Gasteiger partial charge in [0.1, 0.15) is 5.75 Å². The Hall–Kier alpha value is -3.42. The number of aromatic nitrogens is 1. The van der Waals surface area contributed by atoms with Crippen LogP contribution in [-0.4, -0.2) is 29.0 Å². The van der Waals surface area contributed by atoms with E-state index >= 15 is 0 Å². The predicted molar refractivity (Wildman–Crippen MR) is 122 cm³/mol. The minimum Gasteiger partial charge on any atom is -0.439 e. The highest BCUT2D eigenvalue weighted by Gasteiger charge is 2.60. The SMILES string of the molecule is CC12CCC(C/C1=N/NC(=O)CO/N=C(/N)c1ccc(Oc3ccccc3)nc1)C2(C)C. The molecule has 2 aromatic rings. The van der Waals surface area contributed by atoms with Gasteiger partial charge >= 0.3 is 0 Å². The van der Waals surface area contributed by atoms with Crippen LogP contribution in [0.5, 0.6) is 11.6 Å². The summed E-state index contributed by atoms with van der Waals surface area (Å²) in [5.41, 5.74) is 10.4. The van der Waals surface area contributed by atoms with Crippen LogP contribution in [0.4, 0.5) is 0 Å². The van der Waals surface area contributed by atoms with Crippen LogP contribution in [0.25, 0.3) is 0 Å². The first-order chi connectivity index (χ1) is 15.3. The van der Waals surface area contributed by atoms with Crippen molar-refractivity contribution < 1.29 is 14.4 Å². The number of nitrogens with zero attached hydrogens (tertiary/aromatic N) is 3. The van der Waals surface area contributed by atoms with Gasteiger partial charge in [0.15, 0.2) is 12.4 Å². The van der Waals surface area contributed by atoms with E-state index in [-0.39, 0.29) is 29.2 Å². The largest absolute Gasteiger partial charge is 0.439 e. The molecule has 2 bridgehead atoms. The fraction of sp³-hybridized carbons (Fsp3) is 0.417. The maximum absolute atomic E-state index is 12.1. The van der Waals surface area contributed by atoms with Crippen LogP contribution in [-0.2, 0) is 9.63 Å². The Morgan fingerprint density at radius 2 is 2.00 bits per heavy atom. The monoisotopic (exact) mass is 435 g/mol. The topological polar surface area (TPSA) is 111 Å². The first-order valence-corrected chi connectivity index (χ1v) is 10.8. The zero-order valence-corrected chi connectivity index (χ0v) is 18.7. The number of fused-ring (bicyclic) bond motifs is 2. The lowest BCUT2D eigenvalue weighted by atomic mass is 9.70. The molecule has 0 spiro atoms. The quantitative estimate of drug-likeness (QED) is 0.390. The third kappa shape index (κ3) is 4.17. The van der Waals surface area contributed by atoms with Gasteiger partial charge in [-0.2, -0.15) is 5.10 Å². The minimum atomic E-state index is -0.372. The van der Waals surface area contributed by atoms with Crippen molar-refractivity contribution in [3.8, 4) is 11.6 Å².